The van der Waals surface area contributed by atoms with E-state index in [1.54, 1.807) is 0 Å². The van der Waals surface area contributed by atoms with E-state index in [1.807, 2.05) is 24.4 Å². The molecule has 0 amide bonds. The van der Waals surface area contributed by atoms with Crippen molar-refractivity contribution in [2.45, 2.75) is 6.92 Å². The first-order valence-corrected chi connectivity index (χ1v) is 27.0. The van der Waals surface area contributed by atoms with Gasteiger partial charge >= 0.3 is 0 Å². The van der Waals surface area contributed by atoms with Crippen LogP contribution in [0.5, 0.6) is 0 Å². The van der Waals surface area contributed by atoms with Gasteiger partial charge < -0.3 is 9.80 Å². The van der Waals surface area contributed by atoms with E-state index in [1.165, 1.54) is 54.6 Å². The highest BCUT2D eigenvalue weighted by molar-refractivity contribution is 6.22. The maximum atomic E-state index is 4.64. The first kappa shape index (κ1) is 48.3. The number of anilines is 6. The van der Waals surface area contributed by atoms with Crippen LogP contribution >= 0.6 is 0 Å². The molecule has 12 aromatic carbocycles. The SMILES string of the molecule is C=C/C=c1/c(-c2ccc(-c3ccccn3)cc2)c2ccccc2c(-c2ccc3c(-c4ccc(N(c5ccccc5)c5ccccc5)cc4)c4ccccc4c(-c4ccc(N(c5ccccc5)c5ccccc5)cc4)c3c2)/c1=C/C. The van der Waals surface area contributed by atoms with E-state index in [0.29, 0.717) is 0 Å². The van der Waals surface area contributed by atoms with Gasteiger partial charge in [-0.15, -0.1) is 0 Å². The molecule has 0 aliphatic carbocycles. The van der Waals surface area contributed by atoms with E-state index in [9.17, 15) is 0 Å². The Morgan fingerprint density at radius 3 is 1.08 bits per heavy atom. The predicted octanol–water partition coefficient (Wildman–Crippen LogP) is 19.6. The summed E-state index contributed by atoms with van der Waals surface area (Å²) in [6, 6.07) is 101. The van der Waals surface area contributed by atoms with Crippen LogP contribution in [0.25, 0.3) is 100 Å². The molecule has 0 aliphatic rings. The predicted molar refractivity (Wildman–Crippen MR) is 337 cm³/mol. The summed E-state index contributed by atoms with van der Waals surface area (Å²) in [5.74, 6) is 0. The lowest BCUT2D eigenvalue weighted by molar-refractivity contribution is 1.28. The number of benzene rings is 12. The zero-order valence-corrected chi connectivity index (χ0v) is 43.9. The molecule has 0 spiro atoms. The molecule has 13 aromatic rings. The molecular formula is C76H55N3. The lowest BCUT2D eigenvalue weighted by atomic mass is 9.83. The van der Waals surface area contributed by atoms with Crippen molar-refractivity contribution in [3.8, 4) is 55.8 Å². The van der Waals surface area contributed by atoms with Crippen molar-refractivity contribution >= 4 is 78.6 Å². The molecule has 0 aliphatic heterocycles. The summed E-state index contributed by atoms with van der Waals surface area (Å²) in [6.07, 6.45) is 8.23. The number of fused-ring (bicyclic) bond motifs is 3. The normalized spacial score (nSPS) is 11.8. The summed E-state index contributed by atoms with van der Waals surface area (Å²) in [7, 11) is 0. The van der Waals surface area contributed by atoms with E-state index in [4.69, 9.17) is 0 Å². The molecule has 0 saturated carbocycles. The summed E-state index contributed by atoms with van der Waals surface area (Å²) >= 11 is 0. The Morgan fingerprint density at radius 2 is 0.646 bits per heavy atom. The molecule has 0 radical (unpaired) electrons. The fourth-order valence-corrected chi connectivity index (χ4v) is 11.7. The van der Waals surface area contributed by atoms with Crippen molar-refractivity contribution in [3.05, 3.63) is 308 Å². The first-order chi connectivity index (χ1) is 39.1. The van der Waals surface area contributed by atoms with Gasteiger partial charge in [-0.1, -0.05) is 213 Å². The number of para-hydroxylation sites is 4. The van der Waals surface area contributed by atoms with Gasteiger partial charge in [0.05, 0.1) is 5.69 Å². The topological polar surface area (TPSA) is 19.4 Å². The molecule has 79 heavy (non-hydrogen) atoms. The summed E-state index contributed by atoms with van der Waals surface area (Å²) < 4.78 is 0. The van der Waals surface area contributed by atoms with Crippen LogP contribution in [0.3, 0.4) is 0 Å². The third kappa shape index (κ3) is 9.03. The van der Waals surface area contributed by atoms with Gasteiger partial charge in [-0.05, 0) is 185 Å². The molecule has 374 valence electrons. The summed E-state index contributed by atoms with van der Waals surface area (Å²) in [6.45, 7) is 6.43. The fraction of sp³-hybridized carbons (Fsp3) is 0.0132. The summed E-state index contributed by atoms with van der Waals surface area (Å²) in [5.41, 5.74) is 17.9. The van der Waals surface area contributed by atoms with Crippen LogP contribution in [0, 0.1) is 0 Å². The van der Waals surface area contributed by atoms with Crippen molar-refractivity contribution in [1.82, 2.24) is 4.98 Å². The molecule has 0 N–H and O–H groups in total. The van der Waals surface area contributed by atoms with Crippen molar-refractivity contribution in [3.63, 3.8) is 0 Å². The van der Waals surface area contributed by atoms with Crippen LogP contribution in [0.1, 0.15) is 6.92 Å². The monoisotopic (exact) mass is 1010 g/mol. The number of allylic oxidation sites excluding steroid dienone is 1. The van der Waals surface area contributed by atoms with Gasteiger partial charge in [0.15, 0.2) is 0 Å². The average molecular weight is 1010 g/mol. The van der Waals surface area contributed by atoms with Crippen LogP contribution < -0.4 is 20.2 Å². The van der Waals surface area contributed by atoms with E-state index < -0.39 is 0 Å². The number of nitrogens with zero attached hydrogens (tertiary/aromatic N) is 3. The largest absolute Gasteiger partial charge is 0.311 e. The zero-order valence-electron chi connectivity index (χ0n) is 43.9. The van der Waals surface area contributed by atoms with Crippen LogP contribution in [0.2, 0.25) is 0 Å². The van der Waals surface area contributed by atoms with E-state index in [-0.39, 0.29) is 0 Å². The Labute approximate surface area is 461 Å². The molecule has 13 rings (SSSR count). The minimum absolute atomic E-state index is 0.952. The molecule has 0 unspecified atom stereocenters. The van der Waals surface area contributed by atoms with Gasteiger partial charge in [-0.3, -0.25) is 4.98 Å². The van der Waals surface area contributed by atoms with Crippen LogP contribution in [-0.4, -0.2) is 4.98 Å². The van der Waals surface area contributed by atoms with Crippen LogP contribution in [-0.2, 0) is 0 Å². The van der Waals surface area contributed by atoms with Gasteiger partial charge in [0, 0.05) is 45.9 Å². The van der Waals surface area contributed by atoms with Crippen LogP contribution in [0.4, 0.5) is 34.1 Å². The summed E-state index contributed by atoms with van der Waals surface area (Å²) in [4.78, 5) is 9.29. The Balaban J connectivity index is 1.04. The van der Waals surface area contributed by atoms with Gasteiger partial charge in [0.1, 0.15) is 0 Å². The van der Waals surface area contributed by atoms with Gasteiger partial charge in [-0.2, -0.15) is 0 Å². The van der Waals surface area contributed by atoms with Crippen molar-refractivity contribution in [2.75, 3.05) is 9.80 Å². The third-order valence-electron chi connectivity index (χ3n) is 15.2. The van der Waals surface area contributed by atoms with Crippen molar-refractivity contribution in [1.29, 1.82) is 0 Å². The molecule has 0 bridgehead atoms. The highest BCUT2D eigenvalue weighted by Gasteiger charge is 2.22. The number of aromatic nitrogens is 1. The minimum Gasteiger partial charge on any atom is -0.311 e. The van der Waals surface area contributed by atoms with E-state index in [2.05, 4.69) is 307 Å². The Kier molecular flexibility index (Phi) is 13.1. The second-order valence-corrected chi connectivity index (χ2v) is 19.8. The Hall–Kier alpha value is -10.4. The number of pyridine rings is 1. The zero-order chi connectivity index (χ0) is 53.1. The maximum Gasteiger partial charge on any atom is 0.0701 e. The fourth-order valence-electron chi connectivity index (χ4n) is 11.7. The molecule has 1 heterocycles. The summed E-state index contributed by atoms with van der Waals surface area (Å²) in [5, 5.41) is 9.40. The lowest BCUT2D eigenvalue weighted by Crippen LogP contribution is -2.29. The Bertz CT molecular complexity index is 4370. The minimum atomic E-state index is 0.952. The van der Waals surface area contributed by atoms with Gasteiger partial charge in [-0.25, -0.2) is 0 Å². The molecular weight excluding hydrogens is 955 g/mol. The molecule has 3 nitrogen and oxygen atoms in total. The molecule has 0 fully saturated rings. The highest BCUT2D eigenvalue weighted by atomic mass is 15.1. The molecule has 0 atom stereocenters. The van der Waals surface area contributed by atoms with E-state index >= 15 is 0 Å². The van der Waals surface area contributed by atoms with Crippen molar-refractivity contribution in [2.24, 2.45) is 0 Å². The molecule has 3 heteroatoms. The first-order valence-electron chi connectivity index (χ1n) is 27.0. The molecule has 0 saturated heterocycles. The third-order valence-corrected chi connectivity index (χ3v) is 15.2. The number of rotatable bonds is 12. The van der Waals surface area contributed by atoms with Crippen molar-refractivity contribution < 1.29 is 0 Å². The van der Waals surface area contributed by atoms with Crippen LogP contribution in [0.15, 0.2) is 298 Å². The van der Waals surface area contributed by atoms with Gasteiger partial charge in [0.2, 0.25) is 0 Å². The Morgan fingerprint density at radius 1 is 0.304 bits per heavy atom. The smallest absolute Gasteiger partial charge is 0.0701 e. The van der Waals surface area contributed by atoms with E-state index in [0.717, 1.165) is 78.1 Å². The second-order valence-electron chi connectivity index (χ2n) is 19.8. The second kappa shape index (κ2) is 21.3. The maximum absolute atomic E-state index is 4.64. The number of hydrogen-bond acceptors (Lipinski definition) is 3. The average Bonchev–Trinajstić information content (AvgIpc) is 3.64. The highest BCUT2D eigenvalue weighted by Crippen LogP contribution is 2.47. The number of hydrogen-bond donors (Lipinski definition) is 0. The standard InChI is InChI=1S/C76H55N3/c1-3-23-65-64(4-2)76(69-35-20-18-33-67(69)73(65)54-39-37-53(38-40-54)72-36-21-22-51-77-72)57-45-50-70-71(52-57)75(56-43-48-63(49-44-56)79(60-28-13-7-14-29-60)61-30-15-8-16-31-61)68-34-19-17-32-66(68)74(70)55-41-46-62(47-42-55)78(58-24-9-5-10-25-58)59-26-11-6-12-27-59/h3-52H,1H2,2H3/b64-4+,65-23+. The molecule has 1 aromatic heterocycles. The quantitative estimate of drug-likeness (QED) is 0.114. The van der Waals surface area contributed by atoms with Gasteiger partial charge in [0.25, 0.3) is 0 Å². The lowest BCUT2D eigenvalue weighted by Gasteiger charge is -2.26.